The maximum atomic E-state index is 12.5. The van der Waals surface area contributed by atoms with E-state index in [-0.39, 0.29) is 11.3 Å². The summed E-state index contributed by atoms with van der Waals surface area (Å²) in [6.45, 7) is 7.51. The summed E-state index contributed by atoms with van der Waals surface area (Å²) in [7, 11) is 2.05. The molecule has 1 aliphatic heterocycles. The molecule has 2 heterocycles. The first-order valence-electron chi connectivity index (χ1n) is 11.8. The van der Waals surface area contributed by atoms with Gasteiger partial charge in [-0.25, -0.2) is 0 Å². The van der Waals surface area contributed by atoms with Crippen molar-refractivity contribution in [3.63, 3.8) is 0 Å². The van der Waals surface area contributed by atoms with E-state index in [1.165, 1.54) is 49.8 Å². The van der Waals surface area contributed by atoms with Gasteiger partial charge in [0.1, 0.15) is 0 Å². The molecule has 0 saturated heterocycles. The molecule has 0 bridgehead atoms. The van der Waals surface area contributed by atoms with Gasteiger partial charge in [0.25, 0.3) is 0 Å². The summed E-state index contributed by atoms with van der Waals surface area (Å²) in [5, 5.41) is 2.22. The Morgan fingerprint density at radius 2 is 2.07 bits per heavy atom. The van der Waals surface area contributed by atoms with Crippen LogP contribution in [0.15, 0.2) is 29.7 Å². The molecule has 158 valence electrons. The Balaban J connectivity index is 1.52. The normalized spacial score (nSPS) is 44.9. The highest BCUT2D eigenvalue weighted by Gasteiger charge is 2.60. The smallest absolute Gasteiger partial charge is 0.246 e. The van der Waals surface area contributed by atoms with Gasteiger partial charge in [0.2, 0.25) is 5.91 Å². The molecule has 1 unspecified atom stereocenters. The molecule has 0 N–H and O–H groups in total. The molecule has 3 heteroatoms. The van der Waals surface area contributed by atoms with Crippen LogP contribution in [-0.2, 0) is 4.79 Å². The SMILES string of the molecule is CC(C[C@H]1C[C@H]2N(C)C(=O)C=C[C@]2(C)[C@H]2CC[C@]3(C)CCC[C@H]3[C@H]12)c1cccs1. The zero-order valence-electron chi connectivity index (χ0n) is 18.6. The summed E-state index contributed by atoms with van der Waals surface area (Å²) >= 11 is 1.91. The first-order chi connectivity index (χ1) is 13.8. The van der Waals surface area contributed by atoms with Crippen LogP contribution in [0.1, 0.15) is 76.5 Å². The van der Waals surface area contributed by atoms with Gasteiger partial charge >= 0.3 is 0 Å². The summed E-state index contributed by atoms with van der Waals surface area (Å²) in [4.78, 5) is 16.2. The Morgan fingerprint density at radius 1 is 1.24 bits per heavy atom. The number of thiophene rings is 1. The zero-order valence-corrected chi connectivity index (χ0v) is 19.4. The van der Waals surface area contributed by atoms with E-state index in [4.69, 9.17) is 0 Å². The van der Waals surface area contributed by atoms with E-state index < -0.39 is 0 Å². The van der Waals surface area contributed by atoms with Gasteiger partial charge in [-0.05, 0) is 91.1 Å². The third-order valence-corrected chi connectivity index (χ3v) is 10.9. The number of likely N-dealkylation sites (N-methyl/N-ethyl adjacent to an activating group) is 1. The molecule has 0 radical (unpaired) electrons. The van der Waals surface area contributed by atoms with Crippen molar-refractivity contribution in [1.29, 1.82) is 0 Å². The Morgan fingerprint density at radius 3 is 2.83 bits per heavy atom. The van der Waals surface area contributed by atoms with Gasteiger partial charge < -0.3 is 4.90 Å². The van der Waals surface area contributed by atoms with E-state index in [1.807, 2.05) is 17.4 Å². The van der Waals surface area contributed by atoms with Crippen LogP contribution in [0.2, 0.25) is 0 Å². The van der Waals surface area contributed by atoms with E-state index in [0.717, 1.165) is 23.7 Å². The lowest BCUT2D eigenvalue weighted by Crippen LogP contribution is -2.61. The van der Waals surface area contributed by atoms with E-state index >= 15 is 0 Å². The fraction of sp³-hybridized carbons (Fsp3) is 0.731. The molecule has 5 rings (SSSR count). The van der Waals surface area contributed by atoms with Crippen molar-refractivity contribution in [3.8, 4) is 0 Å². The molecule has 3 saturated carbocycles. The minimum absolute atomic E-state index is 0.153. The Labute approximate surface area is 180 Å². The molecule has 1 aromatic heterocycles. The van der Waals surface area contributed by atoms with Crippen molar-refractivity contribution in [2.24, 2.45) is 34.5 Å². The van der Waals surface area contributed by atoms with Gasteiger partial charge in [-0.15, -0.1) is 11.3 Å². The van der Waals surface area contributed by atoms with Crippen LogP contribution in [0.25, 0.3) is 0 Å². The predicted molar refractivity (Wildman–Crippen MR) is 121 cm³/mol. The van der Waals surface area contributed by atoms with E-state index in [0.29, 0.717) is 17.4 Å². The fourth-order valence-corrected chi connectivity index (χ4v) is 9.04. The van der Waals surface area contributed by atoms with Crippen LogP contribution in [0.3, 0.4) is 0 Å². The minimum Gasteiger partial charge on any atom is -0.338 e. The molecule has 0 aromatic carbocycles. The van der Waals surface area contributed by atoms with Gasteiger partial charge in [0.15, 0.2) is 0 Å². The highest BCUT2D eigenvalue weighted by molar-refractivity contribution is 7.10. The highest BCUT2D eigenvalue weighted by atomic mass is 32.1. The first-order valence-corrected chi connectivity index (χ1v) is 12.7. The lowest BCUT2D eigenvalue weighted by atomic mass is 9.45. The average Bonchev–Trinajstić information content (AvgIpc) is 3.35. The van der Waals surface area contributed by atoms with Crippen LogP contribution in [0.5, 0.6) is 0 Å². The van der Waals surface area contributed by atoms with Crippen molar-refractivity contribution in [3.05, 3.63) is 34.5 Å². The summed E-state index contributed by atoms with van der Waals surface area (Å²) < 4.78 is 0. The number of hydrogen-bond acceptors (Lipinski definition) is 2. The van der Waals surface area contributed by atoms with Crippen molar-refractivity contribution in [1.82, 2.24) is 4.90 Å². The van der Waals surface area contributed by atoms with Crippen molar-refractivity contribution >= 4 is 17.2 Å². The van der Waals surface area contributed by atoms with E-state index in [9.17, 15) is 4.79 Å². The largest absolute Gasteiger partial charge is 0.338 e. The van der Waals surface area contributed by atoms with Gasteiger partial charge in [-0.2, -0.15) is 0 Å². The van der Waals surface area contributed by atoms with Crippen LogP contribution in [0.4, 0.5) is 0 Å². The lowest BCUT2D eigenvalue weighted by molar-refractivity contribution is -0.144. The average molecular weight is 412 g/mol. The standard InChI is InChI=1S/C26H37NOS/c1-17(21-8-6-14-29-21)15-18-16-22-26(3,13-10-23(28)27(22)4)20-9-12-25(2)11-5-7-19(25)24(18)20/h6,8,10,13-14,17-20,22,24H,5,7,9,11-12,15-16H2,1-4H3/t17?,18-,19-,20-,22+,24-,25-,26+/m0/s1. The summed E-state index contributed by atoms with van der Waals surface area (Å²) in [5.74, 6) is 4.00. The molecule has 3 aliphatic carbocycles. The molecule has 1 amide bonds. The molecule has 8 atom stereocenters. The first kappa shape index (κ1) is 19.8. The van der Waals surface area contributed by atoms with Crippen LogP contribution in [-0.4, -0.2) is 23.9 Å². The molecule has 4 aliphatic rings. The van der Waals surface area contributed by atoms with Gasteiger partial charge in [0.05, 0.1) is 0 Å². The molecular weight excluding hydrogens is 374 g/mol. The lowest BCUT2D eigenvalue weighted by Gasteiger charge is -2.62. The Kier molecular flexibility index (Phi) is 4.77. The number of carbonyl (C=O) groups excluding carboxylic acids is 1. The zero-order chi connectivity index (χ0) is 20.4. The number of rotatable bonds is 3. The monoisotopic (exact) mass is 411 g/mol. The van der Waals surface area contributed by atoms with Crippen LogP contribution < -0.4 is 0 Å². The molecule has 2 nitrogen and oxygen atoms in total. The number of hydrogen-bond donors (Lipinski definition) is 0. The molecular formula is C26H37NOS. The van der Waals surface area contributed by atoms with Crippen molar-refractivity contribution < 1.29 is 4.79 Å². The summed E-state index contributed by atoms with van der Waals surface area (Å²) in [5.41, 5.74) is 0.717. The predicted octanol–water partition coefficient (Wildman–Crippen LogP) is 6.50. The van der Waals surface area contributed by atoms with Crippen LogP contribution >= 0.6 is 11.3 Å². The number of carbonyl (C=O) groups is 1. The minimum atomic E-state index is 0.153. The maximum absolute atomic E-state index is 12.5. The topological polar surface area (TPSA) is 20.3 Å². The second-order valence-corrected chi connectivity index (χ2v) is 12.2. The molecule has 1 aromatic rings. The van der Waals surface area contributed by atoms with Crippen molar-refractivity contribution in [2.45, 2.75) is 77.7 Å². The second kappa shape index (κ2) is 6.97. The molecule has 3 fully saturated rings. The van der Waals surface area contributed by atoms with E-state index in [2.05, 4.69) is 56.3 Å². The third-order valence-electron chi connectivity index (χ3n) is 9.79. The maximum Gasteiger partial charge on any atom is 0.246 e. The molecule has 29 heavy (non-hydrogen) atoms. The summed E-state index contributed by atoms with van der Waals surface area (Å²) in [6.07, 6.45) is 13.7. The van der Waals surface area contributed by atoms with E-state index in [1.54, 1.807) is 0 Å². The van der Waals surface area contributed by atoms with Crippen molar-refractivity contribution in [2.75, 3.05) is 7.05 Å². The van der Waals surface area contributed by atoms with Gasteiger partial charge in [0, 0.05) is 23.4 Å². The van der Waals surface area contributed by atoms with Gasteiger partial charge in [-0.1, -0.05) is 39.3 Å². The second-order valence-electron chi connectivity index (χ2n) is 11.2. The van der Waals surface area contributed by atoms with Crippen LogP contribution in [0, 0.1) is 34.5 Å². The number of amides is 1. The fourth-order valence-electron chi connectivity index (χ4n) is 8.24. The Bertz CT molecular complexity index is 800. The number of nitrogens with zero attached hydrogens (tertiary/aromatic N) is 1. The Hall–Kier alpha value is -1.09. The third kappa shape index (κ3) is 2.98. The summed E-state index contributed by atoms with van der Waals surface area (Å²) in [6, 6.07) is 4.89. The number of fused-ring (bicyclic) bond motifs is 5. The molecule has 0 spiro atoms. The highest BCUT2D eigenvalue weighted by Crippen LogP contribution is 2.66. The quantitative estimate of drug-likeness (QED) is 0.556. The van der Waals surface area contributed by atoms with Gasteiger partial charge in [-0.3, -0.25) is 4.79 Å².